The van der Waals surface area contributed by atoms with Crippen LogP contribution in [0.4, 0.5) is 0 Å². The summed E-state index contributed by atoms with van der Waals surface area (Å²) in [6, 6.07) is 0. The molecular formula is C2H7NO3. The molecule has 4 N–H and O–H groups in total. The van der Waals surface area contributed by atoms with E-state index in [4.69, 9.17) is 15.1 Å². The Balaban J connectivity index is 0. The first-order valence-electron chi connectivity index (χ1n) is 1.22. The standard InChI is InChI=1S/C2H4O2.H3NO/c1-2(3)4;1-2/h1H3,(H,3,4);1H3. The van der Waals surface area contributed by atoms with Crippen LogP contribution in [-0.2, 0) is 4.79 Å². The summed E-state index contributed by atoms with van der Waals surface area (Å²) in [5.41, 5.74) is 0. The summed E-state index contributed by atoms with van der Waals surface area (Å²) in [5.74, 6) is 1.17. The number of quaternary nitrogens is 1. The Kier molecular flexibility index (Phi) is 13.3. The fraction of sp³-hybridized carbons (Fsp3) is 0.500. The van der Waals surface area contributed by atoms with Crippen molar-refractivity contribution in [3.8, 4) is 0 Å². The smallest absolute Gasteiger partial charge is 0.300 e. The van der Waals surface area contributed by atoms with Crippen LogP contribution in [0, 0.1) is 5.21 Å². The largest absolute Gasteiger partial charge is 0.637 e. The van der Waals surface area contributed by atoms with Crippen molar-refractivity contribution in [2.24, 2.45) is 0 Å². The van der Waals surface area contributed by atoms with Crippen molar-refractivity contribution >= 4 is 5.97 Å². The first-order chi connectivity index (χ1) is 2.73. The summed E-state index contributed by atoms with van der Waals surface area (Å²) < 4.78 is 0. The van der Waals surface area contributed by atoms with Gasteiger partial charge in [0, 0.05) is 6.92 Å². The van der Waals surface area contributed by atoms with E-state index >= 15 is 0 Å². The minimum atomic E-state index is -0.833. The molecule has 0 amide bonds. The van der Waals surface area contributed by atoms with Gasteiger partial charge in [-0.15, -0.1) is 0 Å². The molecule has 0 unspecified atom stereocenters. The van der Waals surface area contributed by atoms with E-state index < -0.39 is 5.97 Å². The van der Waals surface area contributed by atoms with Crippen molar-refractivity contribution in [2.45, 2.75) is 6.92 Å². The molecule has 0 aromatic heterocycles. The second-order valence-corrected chi connectivity index (χ2v) is 0.519. The van der Waals surface area contributed by atoms with Crippen LogP contribution in [0.2, 0.25) is 0 Å². The van der Waals surface area contributed by atoms with Gasteiger partial charge in [0.05, 0.1) is 0 Å². The van der Waals surface area contributed by atoms with Gasteiger partial charge < -0.3 is 16.2 Å². The molecule has 0 saturated carbocycles. The van der Waals surface area contributed by atoms with Crippen molar-refractivity contribution in [1.82, 2.24) is 0 Å². The lowest BCUT2D eigenvalue weighted by atomic mass is 10.9. The third-order valence-corrected chi connectivity index (χ3v) is 0. The Morgan fingerprint density at radius 1 is 1.83 bits per heavy atom. The van der Waals surface area contributed by atoms with Gasteiger partial charge in [0.2, 0.25) is 0 Å². The summed E-state index contributed by atoms with van der Waals surface area (Å²) in [7, 11) is 0. The molecular weight excluding hydrogens is 86.0 g/mol. The lowest BCUT2D eigenvalue weighted by Crippen LogP contribution is -2.37. The Morgan fingerprint density at radius 3 is 1.83 bits per heavy atom. The van der Waals surface area contributed by atoms with E-state index in [0.29, 0.717) is 0 Å². The fourth-order valence-electron chi connectivity index (χ4n) is 0. The van der Waals surface area contributed by atoms with Gasteiger partial charge in [-0.05, 0) is 0 Å². The van der Waals surface area contributed by atoms with Gasteiger partial charge in [-0.2, -0.15) is 0 Å². The van der Waals surface area contributed by atoms with Crippen LogP contribution in [0.15, 0.2) is 0 Å². The number of aliphatic carboxylic acids is 1. The molecule has 0 aromatic rings. The van der Waals surface area contributed by atoms with Crippen LogP contribution in [0.5, 0.6) is 0 Å². The Bertz CT molecular complexity index is 31.8. The summed E-state index contributed by atoms with van der Waals surface area (Å²) in [6.45, 7) is 1.08. The quantitative estimate of drug-likeness (QED) is 0.369. The second kappa shape index (κ2) is 8.83. The highest BCUT2D eigenvalue weighted by atomic mass is 16.4. The van der Waals surface area contributed by atoms with Crippen LogP contribution in [-0.4, -0.2) is 11.1 Å². The van der Waals surface area contributed by atoms with Gasteiger partial charge in [-0.1, -0.05) is 0 Å². The molecule has 0 aliphatic heterocycles. The fourth-order valence-corrected chi connectivity index (χ4v) is 0. The molecule has 0 heterocycles. The van der Waals surface area contributed by atoms with E-state index in [9.17, 15) is 0 Å². The maximum Gasteiger partial charge on any atom is 0.300 e. The highest BCUT2D eigenvalue weighted by molar-refractivity contribution is 5.62. The molecule has 38 valence electrons. The lowest BCUT2D eigenvalue weighted by Gasteiger charge is -1.59. The van der Waals surface area contributed by atoms with Crippen molar-refractivity contribution in [3.05, 3.63) is 5.21 Å². The molecule has 0 bridgehead atoms. The van der Waals surface area contributed by atoms with E-state index in [2.05, 4.69) is 0 Å². The zero-order valence-corrected chi connectivity index (χ0v) is 3.47. The first kappa shape index (κ1) is 9.04. The van der Waals surface area contributed by atoms with Crippen LogP contribution in [0.1, 0.15) is 6.92 Å². The van der Waals surface area contributed by atoms with E-state index in [1.54, 1.807) is 0 Å². The zero-order valence-electron chi connectivity index (χ0n) is 3.47. The van der Waals surface area contributed by atoms with Crippen molar-refractivity contribution in [1.29, 1.82) is 0 Å². The molecule has 0 aliphatic rings. The van der Waals surface area contributed by atoms with Crippen LogP contribution in [0.25, 0.3) is 0 Å². The topological polar surface area (TPSA) is 88.0 Å². The average molecular weight is 93.1 g/mol. The van der Waals surface area contributed by atoms with Crippen LogP contribution in [0.3, 0.4) is 0 Å². The van der Waals surface area contributed by atoms with E-state index in [1.165, 1.54) is 0 Å². The van der Waals surface area contributed by atoms with Crippen LogP contribution >= 0.6 is 0 Å². The van der Waals surface area contributed by atoms with Gasteiger partial charge in [0.1, 0.15) is 0 Å². The number of carboxylic acid groups (broad SMARTS) is 1. The Labute approximate surface area is 35.2 Å². The number of hydrogen-bond acceptors (Lipinski definition) is 2. The molecule has 0 aromatic carbocycles. The second-order valence-electron chi connectivity index (χ2n) is 0.519. The normalized spacial score (nSPS) is 5.17. The maximum absolute atomic E-state index is 9.00. The zero-order chi connectivity index (χ0) is 5.58. The molecule has 4 nitrogen and oxygen atoms in total. The van der Waals surface area contributed by atoms with E-state index in [-0.39, 0.29) is 0 Å². The molecule has 0 saturated heterocycles. The van der Waals surface area contributed by atoms with Crippen molar-refractivity contribution in [2.75, 3.05) is 0 Å². The summed E-state index contributed by atoms with van der Waals surface area (Å²) in [6.07, 6.45) is 0. The number of hydrogen-bond donors (Lipinski definition) is 2. The molecule has 0 spiro atoms. The van der Waals surface area contributed by atoms with Gasteiger partial charge in [-0.3, -0.25) is 4.79 Å². The monoisotopic (exact) mass is 93.0 g/mol. The minimum Gasteiger partial charge on any atom is -0.637 e. The third kappa shape index (κ3) is 52.0. The van der Waals surface area contributed by atoms with E-state index in [1.807, 2.05) is 5.90 Å². The average Bonchev–Trinajstić information content (AvgIpc) is 1.41. The highest BCUT2D eigenvalue weighted by Gasteiger charge is 1.65. The minimum absolute atomic E-state index is 0.833. The molecule has 0 rings (SSSR count). The third-order valence-electron chi connectivity index (χ3n) is 0. The van der Waals surface area contributed by atoms with Gasteiger partial charge in [0.15, 0.2) is 0 Å². The molecule has 4 heteroatoms. The molecule has 0 radical (unpaired) electrons. The maximum atomic E-state index is 9.00. The van der Waals surface area contributed by atoms with Gasteiger partial charge >= 0.3 is 0 Å². The Morgan fingerprint density at radius 2 is 1.83 bits per heavy atom. The van der Waals surface area contributed by atoms with Gasteiger partial charge in [-0.25, -0.2) is 0 Å². The van der Waals surface area contributed by atoms with Crippen molar-refractivity contribution < 1.29 is 15.8 Å². The Hall–Kier alpha value is -0.610. The lowest BCUT2D eigenvalue weighted by molar-refractivity contribution is -0.275. The van der Waals surface area contributed by atoms with E-state index in [0.717, 1.165) is 6.92 Å². The summed E-state index contributed by atoms with van der Waals surface area (Å²) in [5, 5.41) is 15.4. The SMILES string of the molecule is CC(=O)O.[NH3+][O-]. The van der Waals surface area contributed by atoms with Gasteiger partial charge in [0.25, 0.3) is 5.97 Å². The predicted octanol–water partition coefficient (Wildman–Crippen LogP) is -1.18. The summed E-state index contributed by atoms with van der Waals surface area (Å²) >= 11 is 0. The predicted molar refractivity (Wildman–Crippen MR) is 19.6 cm³/mol. The van der Waals surface area contributed by atoms with Crippen LogP contribution < -0.4 is 5.90 Å². The molecule has 0 atom stereocenters. The number of carboxylic acids is 1. The number of rotatable bonds is 0. The first-order valence-corrected chi connectivity index (χ1v) is 1.22. The van der Waals surface area contributed by atoms with Crippen molar-refractivity contribution in [3.63, 3.8) is 0 Å². The molecule has 0 fully saturated rings. The molecule has 6 heavy (non-hydrogen) atoms. The summed E-state index contributed by atoms with van der Waals surface area (Å²) in [4.78, 5) is 9.00. The highest BCUT2D eigenvalue weighted by Crippen LogP contribution is 1.42. The molecule has 0 aliphatic carbocycles. The number of carbonyl (C=O) groups is 1.